The van der Waals surface area contributed by atoms with E-state index in [1.807, 2.05) is 12.3 Å². The Hall–Kier alpha value is -1.55. The van der Waals surface area contributed by atoms with Crippen LogP contribution < -0.4 is 5.56 Å². The van der Waals surface area contributed by atoms with Crippen molar-refractivity contribution in [2.75, 3.05) is 19.6 Å². The maximum absolute atomic E-state index is 11.7. The second-order valence-electron chi connectivity index (χ2n) is 5.06. The fraction of sp³-hybridized carbons (Fsp3) is 0.500. The standard InChI is InChI=1S/C14H19N3O/c1-2-16-8-4-5-11(9-16)12-10-17-13(15-12)6-3-7-14(17)18/h3,6-7,10-11,15H,2,4-5,8-9H2,1H3. The molecule has 3 heterocycles. The number of H-pyrrole nitrogens is 1. The van der Waals surface area contributed by atoms with Gasteiger partial charge in [0.05, 0.1) is 0 Å². The van der Waals surface area contributed by atoms with Gasteiger partial charge >= 0.3 is 0 Å². The monoisotopic (exact) mass is 245 g/mol. The number of pyridine rings is 1. The van der Waals surface area contributed by atoms with Gasteiger partial charge in [-0.1, -0.05) is 13.0 Å². The predicted octanol–water partition coefficient (Wildman–Crippen LogP) is 1.83. The van der Waals surface area contributed by atoms with E-state index in [4.69, 9.17) is 0 Å². The number of aromatic nitrogens is 2. The average Bonchev–Trinajstić information content (AvgIpc) is 2.84. The Morgan fingerprint density at radius 1 is 1.44 bits per heavy atom. The summed E-state index contributed by atoms with van der Waals surface area (Å²) >= 11 is 0. The Morgan fingerprint density at radius 2 is 2.33 bits per heavy atom. The van der Waals surface area contributed by atoms with Crippen molar-refractivity contribution in [3.05, 3.63) is 40.4 Å². The molecule has 0 bridgehead atoms. The van der Waals surface area contributed by atoms with E-state index in [1.54, 1.807) is 16.5 Å². The molecular formula is C14H19N3O. The van der Waals surface area contributed by atoms with Crippen LogP contribution in [0, 0.1) is 0 Å². The number of nitrogens with one attached hydrogen (secondary N) is 1. The minimum Gasteiger partial charge on any atom is -0.343 e. The zero-order chi connectivity index (χ0) is 12.5. The van der Waals surface area contributed by atoms with Crippen LogP contribution in [0.5, 0.6) is 0 Å². The van der Waals surface area contributed by atoms with Crippen LogP contribution >= 0.6 is 0 Å². The highest BCUT2D eigenvalue weighted by atomic mass is 16.1. The summed E-state index contributed by atoms with van der Waals surface area (Å²) < 4.78 is 1.71. The second-order valence-corrected chi connectivity index (χ2v) is 5.06. The van der Waals surface area contributed by atoms with Crippen LogP contribution in [-0.2, 0) is 0 Å². The third-order valence-corrected chi connectivity index (χ3v) is 3.92. The second kappa shape index (κ2) is 4.61. The van der Waals surface area contributed by atoms with Gasteiger partial charge in [-0.25, -0.2) is 0 Å². The van der Waals surface area contributed by atoms with Gasteiger partial charge in [0.2, 0.25) is 0 Å². The van der Waals surface area contributed by atoms with Gasteiger partial charge in [0, 0.05) is 30.4 Å². The normalized spacial score (nSPS) is 21.5. The van der Waals surface area contributed by atoms with Crippen molar-refractivity contribution >= 4 is 5.65 Å². The molecule has 0 spiro atoms. The molecule has 1 atom stereocenters. The van der Waals surface area contributed by atoms with Crippen molar-refractivity contribution in [2.45, 2.75) is 25.7 Å². The first-order valence-corrected chi connectivity index (χ1v) is 6.70. The van der Waals surface area contributed by atoms with E-state index >= 15 is 0 Å². The first-order chi connectivity index (χ1) is 8.78. The van der Waals surface area contributed by atoms with Crippen molar-refractivity contribution < 1.29 is 0 Å². The van der Waals surface area contributed by atoms with E-state index < -0.39 is 0 Å². The quantitative estimate of drug-likeness (QED) is 0.877. The molecule has 2 aromatic rings. The Bertz CT molecular complexity index is 598. The molecule has 1 aliphatic heterocycles. The molecule has 1 unspecified atom stereocenters. The number of rotatable bonds is 2. The summed E-state index contributed by atoms with van der Waals surface area (Å²) in [6.07, 6.45) is 4.42. The number of nitrogens with zero attached hydrogens (tertiary/aromatic N) is 2. The van der Waals surface area contributed by atoms with Crippen molar-refractivity contribution in [3.63, 3.8) is 0 Å². The molecule has 1 aliphatic rings. The largest absolute Gasteiger partial charge is 0.343 e. The Balaban J connectivity index is 1.94. The number of piperidine rings is 1. The molecule has 4 nitrogen and oxygen atoms in total. The summed E-state index contributed by atoms with van der Waals surface area (Å²) in [5.74, 6) is 0.526. The van der Waals surface area contributed by atoms with Crippen LogP contribution in [0.4, 0.5) is 0 Å². The van der Waals surface area contributed by atoms with E-state index in [-0.39, 0.29) is 5.56 Å². The Kier molecular flexibility index (Phi) is 2.96. The molecule has 0 aromatic carbocycles. The molecule has 1 saturated heterocycles. The third-order valence-electron chi connectivity index (χ3n) is 3.92. The van der Waals surface area contributed by atoms with Gasteiger partial charge in [-0.2, -0.15) is 0 Å². The summed E-state index contributed by atoms with van der Waals surface area (Å²) in [6, 6.07) is 5.35. The molecular weight excluding hydrogens is 226 g/mol. The maximum atomic E-state index is 11.7. The molecule has 18 heavy (non-hydrogen) atoms. The molecule has 4 heteroatoms. The third kappa shape index (κ3) is 1.97. The van der Waals surface area contributed by atoms with Crippen LogP contribution in [0.25, 0.3) is 5.65 Å². The molecule has 96 valence electrons. The highest BCUT2D eigenvalue weighted by Gasteiger charge is 2.21. The summed E-state index contributed by atoms with van der Waals surface area (Å²) in [7, 11) is 0. The first kappa shape index (κ1) is 11.5. The smallest absolute Gasteiger partial charge is 0.256 e. The molecule has 3 rings (SSSR count). The van der Waals surface area contributed by atoms with Gasteiger partial charge in [-0.15, -0.1) is 0 Å². The van der Waals surface area contributed by atoms with Gasteiger partial charge in [0.1, 0.15) is 5.65 Å². The number of hydrogen-bond donors (Lipinski definition) is 1. The van der Waals surface area contributed by atoms with Crippen LogP contribution in [0.15, 0.2) is 29.2 Å². The highest BCUT2D eigenvalue weighted by molar-refractivity contribution is 5.40. The van der Waals surface area contributed by atoms with Gasteiger partial charge < -0.3 is 9.88 Å². The minimum atomic E-state index is 0.0400. The number of imidazole rings is 1. The van der Waals surface area contributed by atoms with Gasteiger partial charge in [-0.3, -0.25) is 9.20 Å². The molecule has 0 radical (unpaired) electrons. The number of hydrogen-bond acceptors (Lipinski definition) is 2. The van der Waals surface area contributed by atoms with E-state index in [9.17, 15) is 4.79 Å². The van der Waals surface area contributed by atoms with Crippen LogP contribution in [0.3, 0.4) is 0 Å². The lowest BCUT2D eigenvalue weighted by atomic mass is 9.95. The SMILES string of the molecule is CCN1CCCC(c2cn3c(=O)cccc3[nH]2)C1. The first-order valence-electron chi connectivity index (χ1n) is 6.70. The molecule has 0 aliphatic carbocycles. The van der Waals surface area contributed by atoms with Crippen LogP contribution in [-0.4, -0.2) is 33.9 Å². The molecule has 1 N–H and O–H groups in total. The lowest BCUT2D eigenvalue weighted by Crippen LogP contribution is -2.34. The minimum absolute atomic E-state index is 0.0400. The summed E-state index contributed by atoms with van der Waals surface area (Å²) in [6.45, 7) is 5.61. The van der Waals surface area contributed by atoms with E-state index in [0.29, 0.717) is 5.92 Å². The van der Waals surface area contributed by atoms with E-state index in [2.05, 4.69) is 16.8 Å². The van der Waals surface area contributed by atoms with Crippen molar-refractivity contribution in [3.8, 4) is 0 Å². The topological polar surface area (TPSA) is 40.5 Å². The maximum Gasteiger partial charge on any atom is 0.256 e. The van der Waals surface area contributed by atoms with Crippen molar-refractivity contribution in [1.82, 2.24) is 14.3 Å². The van der Waals surface area contributed by atoms with Gasteiger partial charge in [0.15, 0.2) is 0 Å². The van der Waals surface area contributed by atoms with Gasteiger partial charge in [0.25, 0.3) is 5.56 Å². The number of aromatic amines is 1. The Morgan fingerprint density at radius 3 is 3.11 bits per heavy atom. The van der Waals surface area contributed by atoms with E-state index in [1.165, 1.54) is 25.1 Å². The predicted molar refractivity (Wildman–Crippen MR) is 72.1 cm³/mol. The summed E-state index contributed by atoms with van der Waals surface area (Å²) in [5.41, 5.74) is 2.13. The van der Waals surface area contributed by atoms with Crippen LogP contribution in [0.1, 0.15) is 31.4 Å². The fourth-order valence-electron chi connectivity index (χ4n) is 2.86. The molecule has 1 fully saturated rings. The highest BCUT2D eigenvalue weighted by Crippen LogP contribution is 2.25. The van der Waals surface area contributed by atoms with Crippen LogP contribution in [0.2, 0.25) is 0 Å². The lowest BCUT2D eigenvalue weighted by molar-refractivity contribution is 0.216. The summed E-state index contributed by atoms with van der Waals surface area (Å²) in [5, 5.41) is 0. The number of likely N-dealkylation sites (N-methyl/N-ethyl adjacent to an activating group) is 1. The fourth-order valence-corrected chi connectivity index (χ4v) is 2.86. The average molecular weight is 245 g/mol. The molecule has 0 saturated carbocycles. The summed E-state index contributed by atoms with van der Waals surface area (Å²) in [4.78, 5) is 17.6. The van der Waals surface area contributed by atoms with Gasteiger partial charge in [-0.05, 0) is 32.0 Å². The number of likely N-dealkylation sites (tertiary alicyclic amines) is 1. The molecule has 2 aromatic heterocycles. The zero-order valence-corrected chi connectivity index (χ0v) is 10.7. The zero-order valence-electron chi connectivity index (χ0n) is 10.7. The van der Waals surface area contributed by atoms with Crippen molar-refractivity contribution in [2.24, 2.45) is 0 Å². The van der Waals surface area contributed by atoms with E-state index in [0.717, 1.165) is 18.7 Å². The Labute approximate surface area is 106 Å². The van der Waals surface area contributed by atoms with Crippen molar-refractivity contribution in [1.29, 1.82) is 0 Å². The number of fused-ring (bicyclic) bond motifs is 1. The molecule has 0 amide bonds. The lowest BCUT2D eigenvalue weighted by Gasteiger charge is -2.31.